The Morgan fingerprint density at radius 2 is 1.74 bits per heavy atom. The zero-order chi connectivity index (χ0) is 23.5. The molecule has 0 atom stereocenters. The molecule has 0 saturated heterocycles. The second-order valence-electron chi connectivity index (χ2n) is 8.69. The number of aromatic nitrogens is 2. The zero-order valence-electron chi connectivity index (χ0n) is 19.2. The second-order valence-corrected chi connectivity index (χ2v) is 8.69. The van der Waals surface area contributed by atoms with Crippen LogP contribution in [0.25, 0.3) is 33.1 Å². The van der Waals surface area contributed by atoms with Crippen LogP contribution in [-0.4, -0.2) is 27.7 Å². The highest BCUT2D eigenvalue weighted by Gasteiger charge is 2.13. The molecule has 5 nitrogen and oxygen atoms in total. The van der Waals surface area contributed by atoms with Gasteiger partial charge in [0.05, 0.1) is 13.0 Å². The van der Waals surface area contributed by atoms with Crippen LogP contribution >= 0.6 is 0 Å². The normalized spacial score (nSPS) is 11.3. The average molecular weight is 453 g/mol. The first-order chi connectivity index (χ1) is 16.6. The minimum absolute atomic E-state index is 0.0351. The minimum atomic E-state index is -0.818. The second kappa shape index (κ2) is 9.48. The molecular formula is C29H28N2O3. The largest absolute Gasteiger partial charge is 0.493 e. The van der Waals surface area contributed by atoms with Crippen molar-refractivity contribution in [2.24, 2.45) is 0 Å². The van der Waals surface area contributed by atoms with Crippen LogP contribution in [0.2, 0.25) is 0 Å². The van der Waals surface area contributed by atoms with Gasteiger partial charge in [0.25, 0.3) is 0 Å². The molecule has 5 heteroatoms. The van der Waals surface area contributed by atoms with Crippen molar-refractivity contribution in [3.63, 3.8) is 0 Å². The van der Waals surface area contributed by atoms with Crippen LogP contribution in [0.5, 0.6) is 5.75 Å². The van der Waals surface area contributed by atoms with E-state index < -0.39 is 5.97 Å². The highest BCUT2D eigenvalue weighted by molar-refractivity contribution is 5.90. The van der Waals surface area contributed by atoms with E-state index in [9.17, 15) is 4.79 Å². The number of aromatic amines is 2. The van der Waals surface area contributed by atoms with Crippen molar-refractivity contribution in [3.8, 4) is 17.0 Å². The van der Waals surface area contributed by atoms with E-state index in [1.165, 1.54) is 16.5 Å². The van der Waals surface area contributed by atoms with E-state index in [1.807, 2.05) is 24.3 Å². The molecule has 5 rings (SSSR count). The number of H-pyrrole nitrogens is 2. The zero-order valence-corrected chi connectivity index (χ0v) is 19.2. The molecule has 0 radical (unpaired) electrons. The lowest BCUT2D eigenvalue weighted by molar-refractivity contribution is -0.136. The lowest BCUT2D eigenvalue weighted by atomic mass is 10.0. The van der Waals surface area contributed by atoms with Crippen molar-refractivity contribution in [2.75, 3.05) is 6.61 Å². The summed E-state index contributed by atoms with van der Waals surface area (Å²) in [5.74, 6) is 0.120. The SMILES string of the molecule is CCCc1c(OCCc2cc3cc(CC(=O)O)ccc3[nH]2)ccc2[nH]c(-c3ccccc3)cc12. The maximum Gasteiger partial charge on any atom is 0.307 e. The van der Waals surface area contributed by atoms with E-state index in [0.717, 1.165) is 58.4 Å². The van der Waals surface area contributed by atoms with E-state index >= 15 is 0 Å². The van der Waals surface area contributed by atoms with Gasteiger partial charge >= 0.3 is 5.97 Å². The third kappa shape index (κ3) is 4.55. The van der Waals surface area contributed by atoms with Gasteiger partial charge in [-0.1, -0.05) is 49.7 Å². The molecule has 0 spiro atoms. The van der Waals surface area contributed by atoms with Gasteiger partial charge in [0, 0.05) is 39.8 Å². The van der Waals surface area contributed by atoms with Crippen LogP contribution in [0, 0.1) is 0 Å². The summed E-state index contributed by atoms with van der Waals surface area (Å²) in [5, 5.41) is 11.3. The van der Waals surface area contributed by atoms with E-state index in [0.29, 0.717) is 6.61 Å². The summed E-state index contributed by atoms with van der Waals surface area (Å²) >= 11 is 0. The fourth-order valence-electron chi connectivity index (χ4n) is 4.59. The smallest absolute Gasteiger partial charge is 0.307 e. The Kier molecular flexibility index (Phi) is 6.09. The predicted octanol–water partition coefficient (Wildman–Crippen LogP) is 6.52. The summed E-state index contributed by atoms with van der Waals surface area (Å²) < 4.78 is 6.28. The summed E-state index contributed by atoms with van der Waals surface area (Å²) in [6.07, 6.45) is 2.78. The maximum atomic E-state index is 11.0. The van der Waals surface area contributed by atoms with Gasteiger partial charge in [-0.2, -0.15) is 0 Å². The summed E-state index contributed by atoms with van der Waals surface area (Å²) in [4.78, 5) is 18.0. The molecule has 0 amide bonds. The molecule has 0 aliphatic rings. The van der Waals surface area contributed by atoms with Gasteiger partial charge in [-0.3, -0.25) is 4.79 Å². The van der Waals surface area contributed by atoms with Gasteiger partial charge in [0.2, 0.25) is 0 Å². The Bertz CT molecular complexity index is 1450. The highest BCUT2D eigenvalue weighted by atomic mass is 16.5. The van der Waals surface area contributed by atoms with Gasteiger partial charge in [-0.25, -0.2) is 0 Å². The van der Waals surface area contributed by atoms with Crippen molar-refractivity contribution in [1.82, 2.24) is 9.97 Å². The summed E-state index contributed by atoms with van der Waals surface area (Å²) in [6, 6.07) is 24.6. The Morgan fingerprint density at radius 3 is 2.53 bits per heavy atom. The third-order valence-corrected chi connectivity index (χ3v) is 6.18. The van der Waals surface area contributed by atoms with Crippen LogP contribution in [0.4, 0.5) is 0 Å². The Morgan fingerprint density at radius 1 is 0.912 bits per heavy atom. The van der Waals surface area contributed by atoms with Crippen molar-refractivity contribution < 1.29 is 14.6 Å². The lowest BCUT2D eigenvalue weighted by Gasteiger charge is -2.12. The number of nitrogens with one attached hydrogen (secondary N) is 2. The third-order valence-electron chi connectivity index (χ3n) is 6.18. The highest BCUT2D eigenvalue weighted by Crippen LogP contribution is 2.33. The molecule has 0 saturated carbocycles. The lowest BCUT2D eigenvalue weighted by Crippen LogP contribution is -2.04. The van der Waals surface area contributed by atoms with E-state index in [2.05, 4.69) is 65.4 Å². The fraction of sp³-hybridized carbons (Fsp3) is 0.207. The molecular weight excluding hydrogens is 424 g/mol. The first-order valence-corrected chi connectivity index (χ1v) is 11.8. The Balaban J connectivity index is 1.34. The van der Waals surface area contributed by atoms with Crippen molar-refractivity contribution in [2.45, 2.75) is 32.6 Å². The number of fused-ring (bicyclic) bond motifs is 2. The number of carboxylic acids is 1. The number of aliphatic carboxylic acids is 1. The molecule has 0 aliphatic carbocycles. The average Bonchev–Trinajstić information content (AvgIpc) is 3.44. The van der Waals surface area contributed by atoms with Crippen LogP contribution in [0.3, 0.4) is 0 Å². The number of rotatable bonds is 9. The topological polar surface area (TPSA) is 78.1 Å². The van der Waals surface area contributed by atoms with Crippen molar-refractivity contribution in [1.29, 1.82) is 0 Å². The number of hydrogen-bond donors (Lipinski definition) is 3. The van der Waals surface area contributed by atoms with Gasteiger partial charge in [0.15, 0.2) is 0 Å². The van der Waals surface area contributed by atoms with Crippen LogP contribution < -0.4 is 4.74 Å². The molecule has 2 heterocycles. The molecule has 5 aromatic rings. The van der Waals surface area contributed by atoms with E-state index in [1.54, 1.807) is 0 Å². The summed E-state index contributed by atoms with van der Waals surface area (Å²) in [7, 11) is 0. The molecule has 0 unspecified atom stereocenters. The van der Waals surface area contributed by atoms with Gasteiger partial charge < -0.3 is 19.8 Å². The van der Waals surface area contributed by atoms with Gasteiger partial charge in [0.1, 0.15) is 5.75 Å². The van der Waals surface area contributed by atoms with Crippen LogP contribution in [0.1, 0.15) is 30.2 Å². The Labute approximate surface area is 198 Å². The monoisotopic (exact) mass is 452 g/mol. The van der Waals surface area contributed by atoms with E-state index in [-0.39, 0.29) is 6.42 Å². The molecule has 0 bridgehead atoms. The maximum absolute atomic E-state index is 11.0. The van der Waals surface area contributed by atoms with E-state index in [4.69, 9.17) is 9.84 Å². The number of hydrogen-bond acceptors (Lipinski definition) is 2. The molecule has 0 aliphatic heterocycles. The Hall–Kier alpha value is -3.99. The van der Waals surface area contributed by atoms with Crippen molar-refractivity contribution in [3.05, 3.63) is 89.6 Å². The van der Waals surface area contributed by atoms with Crippen LogP contribution in [-0.2, 0) is 24.1 Å². The molecule has 172 valence electrons. The number of benzene rings is 3. The number of carboxylic acid groups (broad SMARTS) is 1. The molecule has 34 heavy (non-hydrogen) atoms. The summed E-state index contributed by atoms with van der Waals surface area (Å²) in [6.45, 7) is 2.75. The van der Waals surface area contributed by atoms with Crippen molar-refractivity contribution >= 4 is 27.8 Å². The summed E-state index contributed by atoms with van der Waals surface area (Å²) in [5.41, 5.74) is 7.56. The molecule has 2 aromatic heterocycles. The van der Waals surface area contributed by atoms with Crippen LogP contribution in [0.15, 0.2) is 72.8 Å². The molecule has 0 fully saturated rings. The quantitative estimate of drug-likeness (QED) is 0.238. The fourth-order valence-corrected chi connectivity index (χ4v) is 4.59. The van der Waals surface area contributed by atoms with Gasteiger partial charge in [-0.15, -0.1) is 0 Å². The number of carbonyl (C=O) groups is 1. The first kappa shape index (κ1) is 21.8. The number of aryl methyl sites for hydroxylation is 1. The predicted molar refractivity (Wildman–Crippen MR) is 137 cm³/mol. The minimum Gasteiger partial charge on any atom is -0.493 e. The molecule has 3 N–H and O–H groups in total. The first-order valence-electron chi connectivity index (χ1n) is 11.8. The van der Waals surface area contributed by atoms with Gasteiger partial charge in [-0.05, 0) is 59.3 Å². The molecule has 3 aromatic carbocycles. The standard InChI is InChI=1S/C29H28N2O3/c1-2-6-23-24-18-27(20-7-4-3-5-8-20)31-26(24)11-12-28(23)34-14-13-22-17-21-15-19(16-29(32)33)9-10-25(21)30-22/h3-5,7-12,15,17-18,30-31H,2,6,13-14,16H2,1H3,(H,32,33). The number of ether oxygens (including phenoxy) is 1.